The average molecular weight is 370 g/mol. The van der Waals surface area contributed by atoms with E-state index in [4.69, 9.17) is 18.6 Å². The lowest BCUT2D eigenvalue weighted by Gasteiger charge is -2.12. The highest BCUT2D eigenvalue weighted by atomic mass is 19.1. The quantitative estimate of drug-likeness (QED) is 0.461. The predicted molar refractivity (Wildman–Crippen MR) is 100 cm³/mol. The van der Waals surface area contributed by atoms with Crippen LogP contribution in [-0.2, 0) is 0 Å². The first-order valence-electron chi connectivity index (χ1n) is 8.19. The molecule has 27 heavy (non-hydrogen) atoms. The molecule has 5 nitrogen and oxygen atoms in total. The molecule has 0 atom stereocenters. The van der Waals surface area contributed by atoms with Crippen molar-refractivity contribution >= 4 is 22.8 Å². The average Bonchev–Trinajstić information content (AvgIpc) is 3.01. The maximum absolute atomic E-state index is 13.4. The molecule has 0 saturated heterocycles. The number of furan rings is 1. The number of ketones is 1. The van der Waals surface area contributed by atoms with Gasteiger partial charge in [-0.2, -0.15) is 0 Å². The Morgan fingerprint density at radius 2 is 1.70 bits per heavy atom. The first-order chi connectivity index (χ1) is 13.0. The van der Waals surface area contributed by atoms with E-state index in [1.54, 1.807) is 25.1 Å². The second-order valence-electron chi connectivity index (χ2n) is 5.85. The van der Waals surface area contributed by atoms with Gasteiger partial charge in [-0.25, -0.2) is 4.39 Å². The van der Waals surface area contributed by atoms with Crippen LogP contribution < -0.4 is 14.2 Å². The second-order valence-corrected chi connectivity index (χ2v) is 5.85. The van der Waals surface area contributed by atoms with E-state index in [2.05, 4.69) is 0 Å². The molecule has 0 spiro atoms. The molecule has 2 aromatic carbocycles. The lowest BCUT2D eigenvalue weighted by molar-refractivity contribution is 0.102. The molecule has 0 unspecified atom stereocenters. The topological polar surface area (TPSA) is 57.9 Å². The molecule has 0 aliphatic carbocycles. The van der Waals surface area contributed by atoms with Crippen molar-refractivity contribution in [2.45, 2.75) is 6.92 Å². The lowest BCUT2D eigenvalue weighted by atomic mass is 10.1. The SMILES string of the molecule is COc1cc(/C=C/C(=O)c2oc3ccc(F)cc3c2C)cc(OC)c1OC. The highest BCUT2D eigenvalue weighted by Crippen LogP contribution is 2.38. The molecule has 0 radical (unpaired) electrons. The minimum absolute atomic E-state index is 0.180. The van der Waals surface area contributed by atoms with E-state index < -0.39 is 0 Å². The molecule has 0 amide bonds. The van der Waals surface area contributed by atoms with Gasteiger partial charge < -0.3 is 18.6 Å². The molecule has 0 fully saturated rings. The minimum Gasteiger partial charge on any atom is -0.493 e. The van der Waals surface area contributed by atoms with Crippen molar-refractivity contribution in [2.24, 2.45) is 0 Å². The number of rotatable bonds is 6. The normalized spacial score (nSPS) is 11.1. The van der Waals surface area contributed by atoms with E-state index in [0.717, 1.165) is 0 Å². The number of halogens is 1. The van der Waals surface area contributed by atoms with Gasteiger partial charge in [0.15, 0.2) is 17.3 Å². The van der Waals surface area contributed by atoms with E-state index >= 15 is 0 Å². The van der Waals surface area contributed by atoms with Gasteiger partial charge in [0.2, 0.25) is 11.5 Å². The van der Waals surface area contributed by atoms with E-state index in [1.807, 2.05) is 0 Å². The zero-order valence-electron chi connectivity index (χ0n) is 15.5. The number of ether oxygens (including phenoxy) is 3. The molecule has 1 aromatic heterocycles. The monoisotopic (exact) mass is 370 g/mol. The van der Waals surface area contributed by atoms with Gasteiger partial charge in [0.05, 0.1) is 21.3 Å². The van der Waals surface area contributed by atoms with Crippen LogP contribution in [-0.4, -0.2) is 27.1 Å². The standard InChI is InChI=1S/C21H19FO5/c1-12-15-11-14(22)6-8-17(15)27-20(12)16(23)7-5-13-9-18(24-2)21(26-4)19(10-13)25-3/h5-11H,1-4H3/b7-5+. The Hall–Kier alpha value is -3.28. The fourth-order valence-electron chi connectivity index (χ4n) is 2.87. The Kier molecular flexibility index (Phi) is 5.16. The van der Waals surface area contributed by atoms with Crippen molar-refractivity contribution in [1.82, 2.24) is 0 Å². The summed E-state index contributed by atoms with van der Waals surface area (Å²) in [6, 6.07) is 7.62. The summed E-state index contributed by atoms with van der Waals surface area (Å²) in [6.07, 6.45) is 3.02. The van der Waals surface area contributed by atoms with Gasteiger partial charge in [-0.3, -0.25) is 4.79 Å². The third-order valence-corrected chi connectivity index (χ3v) is 4.24. The van der Waals surface area contributed by atoms with E-state index in [0.29, 0.717) is 39.3 Å². The number of hydrogen-bond acceptors (Lipinski definition) is 5. The summed E-state index contributed by atoms with van der Waals surface area (Å²) in [5, 5.41) is 0.583. The van der Waals surface area contributed by atoms with Crippen LogP contribution in [0.2, 0.25) is 0 Å². The number of methoxy groups -OCH3 is 3. The molecule has 0 aliphatic rings. The molecule has 0 aliphatic heterocycles. The molecule has 0 saturated carbocycles. The number of hydrogen-bond donors (Lipinski definition) is 0. The molecule has 0 N–H and O–H groups in total. The van der Waals surface area contributed by atoms with Crippen LogP contribution in [0.25, 0.3) is 17.0 Å². The molecule has 0 bridgehead atoms. The van der Waals surface area contributed by atoms with Crippen LogP contribution in [0.5, 0.6) is 17.2 Å². The van der Waals surface area contributed by atoms with E-state index in [9.17, 15) is 9.18 Å². The molecule has 140 valence electrons. The fourth-order valence-corrected chi connectivity index (χ4v) is 2.87. The number of fused-ring (bicyclic) bond motifs is 1. The summed E-state index contributed by atoms with van der Waals surface area (Å²) < 4.78 is 34.9. The summed E-state index contributed by atoms with van der Waals surface area (Å²) in [6.45, 7) is 1.73. The summed E-state index contributed by atoms with van der Waals surface area (Å²) in [4.78, 5) is 12.6. The fraction of sp³-hybridized carbons (Fsp3) is 0.190. The summed E-state index contributed by atoms with van der Waals surface area (Å²) in [7, 11) is 4.56. The predicted octanol–water partition coefficient (Wildman–Crippen LogP) is 4.80. The van der Waals surface area contributed by atoms with Crippen LogP contribution in [0.3, 0.4) is 0 Å². The zero-order valence-corrected chi connectivity index (χ0v) is 15.5. The molecule has 1 heterocycles. The van der Waals surface area contributed by atoms with Gasteiger partial charge in [0, 0.05) is 10.9 Å². The van der Waals surface area contributed by atoms with E-state index in [1.165, 1.54) is 45.6 Å². The van der Waals surface area contributed by atoms with Crippen LogP contribution >= 0.6 is 0 Å². The van der Waals surface area contributed by atoms with Crippen molar-refractivity contribution in [2.75, 3.05) is 21.3 Å². The highest BCUT2D eigenvalue weighted by molar-refractivity contribution is 6.08. The maximum Gasteiger partial charge on any atom is 0.221 e. The van der Waals surface area contributed by atoms with Crippen LogP contribution in [0.1, 0.15) is 21.7 Å². The number of allylic oxidation sites excluding steroid dienone is 1. The number of carbonyl (C=O) groups excluding carboxylic acids is 1. The maximum atomic E-state index is 13.4. The number of carbonyl (C=O) groups is 1. The molecule has 3 rings (SSSR count). The summed E-state index contributed by atoms with van der Waals surface area (Å²) in [5.74, 6) is 0.924. The minimum atomic E-state index is -0.377. The van der Waals surface area contributed by atoms with Crippen LogP contribution in [0.15, 0.2) is 40.8 Å². The van der Waals surface area contributed by atoms with Crippen molar-refractivity contribution < 1.29 is 27.8 Å². The Bertz CT molecular complexity index is 1010. The Morgan fingerprint density at radius 1 is 1.04 bits per heavy atom. The second kappa shape index (κ2) is 7.53. The largest absolute Gasteiger partial charge is 0.493 e. The smallest absolute Gasteiger partial charge is 0.221 e. The van der Waals surface area contributed by atoms with Gasteiger partial charge in [0.25, 0.3) is 0 Å². The number of aryl methyl sites for hydroxylation is 1. The third kappa shape index (κ3) is 3.51. The van der Waals surface area contributed by atoms with Crippen molar-refractivity contribution in [3.8, 4) is 17.2 Å². The van der Waals surface area contributed by atoms with Crippen molar-refractivity contribution in [3.05, 3.63) is 59.1 Å². The van der Waals surface area contributed by atoms with Gasteiger partial charge in [-0.05, 0) is 48.9 Å². The Balaban J connectivity index is 1.94. The van der Waals surface area contributed by atoms with Crippen LogP contribution in [0, 0.1) is 12.7 Å². The molecular weight excluding hydrogens is 351 g/mol. The molecule has 6 heteroatoms. The summed E-state index contributed by atoms with van der Waals surface area (Å²) in [5.41, 5.74) is 1.76. The van der Waals surface area contributed by atoms with Gasteiger partial charge in [0.1, 0.15) is 11.4 Å². The number of benzene rings is 2. The zero-order chi connectivity index (χ0) is 19.6. The van der Waals surface area contributed by atoms with Gasteiger partial charge in [-0.15, -0.1) is 0 Å². The van der Waals surface area contributed by atoms with Crippen LogP contribution in [0.4, 0.5) is 4.39 Å². The third-order valence-electron chi connectivity index (χ3n) is 4.24. The van der Waals surface area contributed by atoms with Gasteiger partial charge >= 0.3 is 0 Å². The first kappa shape index (κ1) is 18.5. The van der Waals surface area contributed by atoms with Crippen molar-refractivity contribution in [3.63, 3.8) is 0 Å². The first-order valence-corrected chi connectivity index (χ1v) is 8.19. The van der Waals surface area contributed by atoms with E-state index in [-0.39, 0.29) is 17.4 Å². The Labute approximate surface area is 155 Å². The Morgan fingerprint density at radius 3 is 2.30 bits per heavy atom. The summed E-state index contributed by atoms with van der Waals surface area (Å²) >= 11 is 0. The molecule has 3 aromatic rings. The van der Waals surface area contributed by atoms with Gasteiger partial charge in [-0.1, -0.05) is 6.08 Å². The lowest BCUT2D eigenvalue weighted by Crippen LogP contribution is -1.96. The molecular formula is C21H19FO5. The van der Waals surface area contributed by atoms with Crippen molar-refractivity contribution in [1.29, 1.82) is 0 Å². The highest BCUT2D eigenvalue weighted by Gasteiger charge is 2.17.